The third-order valence-corrected chi connectivity index (χ3v) is 7.33. The molecule has 0 aromatic carbocycles. The van der Waals surface area contributed by atoms with E-state index in [2.05, 4.69) is 6.92 Å². The number of aliphatic hydroxyl groups excluding tert-OH is 1. The predicted octanol–water partition coefficient (Wildman–Crippen LogP) is 3.88. The van der Waals surface area contributed by atoms with Gasteiger partial charge in [0.05, 0.1) is 6.10 Å². The highest BCUT2D eigenvalue weighted by molar-refractivity contribution is 5.91. The third-order valence-electron chi connectivity index (χ3n) is 7.33. The lowest BCUT2D eigenvalue weighted by atomic mass is 9.48. The second-order valence-corrected chi connectivity index (χ2v) is 8.43. The van der Waals surface area contributed by atoms with E-state index < -0.39 is 0 Å². The summed E-state index contributed by atoms with van der Waals surface area (Å²) in [5, 5.41) is 10.1. The normalized spacial score (nSPS) is 49.7. The van der Waals surface area contributed by atoms with Gasteiger partial charge in [-0.1, -0.05) is 12.5 Å². The SMILES string of the molecule is C[C@]12CC[C@H]3[C@@H](CCC4=CC(=O)CC[C@@H]43)[C@@H]1CC[C@H](O)C2. The summed E-state index contributed by atoms with van der Waals surface area (Å²) in [7, 11) is 0. The molecule has 0 bridgehead atoms. The van der Waals surface area contributed by atoms with Gasteiger partial charge >= 0.3 is 0 Å². The summed E-state index contributed by atoms with van der Waals surface area (Å²) in [6, 6.07) is 0. The molecule has 4 rings (SSSR count). The van der Waals surface area contributed by atoms with E-state index >= 15 is 0 Å². The molecular formula is C19H28O2. The van der Waals surface area contributed by atoms with Gasteiger partial charge in [-0.15, -0.1) is 0 Å². The second kappa shape index (κ2) is 4.94. The Kier molecular flexibility index (Phi) is 3.29. The molecule has 0 unspecified atom stereocenters. The van der Waals surface area contributed by atoms with Gasteiger partial charge in [0.1, 0.15) is 0 Å². The summed E-state index contributed by atoms with van der Waals surface area (Å²) in [5.74, 6) is 3.57. The van der Waals surface area contributed by atoms with Crippen LogP contribution in [0.15, 0.2) is 11.6 Å². The second-order valence-electron chi connectivity index (χ2n) is 8.43. The summed E-state index contributed by atoms with van der Waals surface area (Å²) < 4.78 is 0. The molecule has 4 aliphatic rings. The maximum atomic E-state index is 11.7. The van der Waals surface area contributed by atoms with Crippen molar-refractivity contribution >= 4 is 5.78 Å². The first-order chi connectivity index (χ1) is 10.1. The lowest BCUT2D eigenvalue weighted by Gasteiger charge is -2.57. The van der Waals surface area contributed by atoms with E-state index in [0.717, 1.165) is 49.9 Å². The predicted molar refractivity (Wildman–Crippen MR) is 82.7 cm³/mol. The average Bonchev–Trinajstić information content (AvgIpc) is 2.45. The molecule has 0 spiro atoms. The summed E-state index contributed by atoms with van der Waals surface area (Å²) >= 11 is 0. The van der Waals surface area contributed by atoms with E-state index in [9.17, 15) is 9.90 Å². The van der Waals surface area contributed by atoms with Crippen molar-refractivity contribution < 1.29 is 9.90 Å². The van der Waals surface area contributed by atoms with Crippen LogP contribution in [0.25, 0.3) is 0 Å². The molecule has 0 amide bonds. The monoisotopic (exact) mass is 288 g/mol. The molecule has 2 heteroatoms. The summed E-state index contributed by atoms with van der Waals surface area (Å²) in [4.78, 5) is 11.7. The molecule has 6 atom stereocenters. The number of carbonyl (C=O) groups excluding carboxylic acids is 1. The van der Waals surface area contributed by atoms with E-state index in [4.69, 9.17) is 0 Å². The van der Waals surface area contributed by atoms with E-state index in [-0.39, 0.29) is 6.10 Å². The molecule has 21 heavy (non-hydrogen) atoms. The van der Waals surface area contributed by atoms with Crippen molar-refractivity contribution in [1.29, 1.82) is 0 Å². The molecule has 4 aliphatic carbocycles. The standard InChI is InChI=1S/C19H28O2/c1-19-9-8-16-15-6-3-13(20)10-12(15)2-5-17(16)18(19)7-4-14(21)11-19/h10,14-18,21H,2-9,11H2,1H3/t14-,15-,16+,17+,18-,19+/m0/s1. The van der Waals surface area contributed by atoms with Crippen LogP contribution in [-0.4, -0.2) is 17.0 Å². The summed E-state index contributed by atoms with van der Waals surface area (Å²) in [6.45, 7) is 2.44. The largest absolute Gasteiger partial charge is 0.393 e. The fourth-order valence-corrected chi connectivity index (χ4v) is 6.40. The molecule has 0 radical (unpaired) electrons. The number of hydrogen-bond acceptors (Lipinski definition) is 2. The quantitative estimate of drug-likeness (QED) is 0.734. The highest BCUT2D eigenvalue weighted by Crippen LogP contribution is 2.60. The van der Waals surface area contributed by atoms with Crippen LogP contribution in [0.4, 0.5) is 0 Å². The van der Waals surface area contributed by atoms with Crippen molar-refractivity contribution in [3.63, 3.8) is 0 Å². The first-order valence-electron chi connectivity index (χ1n) is 8.98. The number of hydrogen-bond donors (Lipinski definition) is 1. The van der Waals surface area contributed by atoms with Crippen LogP contribution in [0, 0.1) is 29.1 Å². The maximum absolute atomic E-state index is 11.7. The molecule has 2 nitrogen and oxygen atoms in total. The summed E-state index contributed by atoms with van der Waals surface area (Å²) in [6.07, 6.45) is 12.1. The van der Waals surface area contributed by atoms with Crippen molar-refractivity contribution in [2.24, 2.45) is 29.1 Å². The Morgan fingerprint density at radius 3 is 2.81 bits per heavy atom. The van der Waals surface area contributed by atoms with Crippen molar-refractivity contribution in [2.75, 3.05) is 0 Å². The molecule has 0 aliphatic heterocycles. The molecule has 3 saturated carbocycles. The zero-order valence-electron chi connectivity index (χ0n) is 13.2. The van der Waals surface area contributed by atoms with Crippen molar-refractivity contribution in [3.8, 4) is 0 Å². The number of ketones is 1. The first-order valence-corrected chi connectivity index (χ1v) is 8.98. The number of aliphatic hydroxyl groups is 1. The topological polar surface area (TPSA) is 37.3 Å². The molecule has 116 valence electrons. The minimum atomic E-state index is -0.0610. The Morgan fingerprint density at radius 2 is 1.95 bits per heavy atom. The van der Waals surface area contributed by atoms with Crippen LogP contribution in [-0.2, 0) is 4.79 Å². The minimum absolute atomic E-state index is 0.0610. The van der Waals surface area contributed by atoms with Crippen LogP contribution in [0.1, 0.15) is 64.7 Å². The van der Waals surface area contributed by atoms with Crippen LogP contribution in [0.5, 0.6) is 0 Å². The molecule has 0 aromatic rings. The van der Waals surface area contributed by atoms with Gasteiger partial charge in [-0.25, -0.2) is 0 Å². The van der Waals surface area contributed by atoms with Gasteiger partial charge in [-0.3, -0.25) is 4.79 Å². The van der Waals surface area contributed by atoms with Crippen LogP contribution >= 0.6 is 0 Å². The minimum Gasteiger partial charge on any atom is -0.393 e. The van der Waals surface area contributed by atoms with Gasteiger partial charge in [0.2, 0.25) is 0 Å². The smallest absolute Gasteiger partial charge is 0.155 e. The Labute approximate surface area is 128 Å². The van der Waals surface area contributed by atoms with Gasteiger partial charge in [0.25, 0.3) is 0 Å². The molecule has 0 aromatic heterocycles. The Bertz CT molecular complexity index is 480. The van der Waals surface area contributed by atoms with Gasteiger partial charge in [0.15, 0.2) is 5.78 Å². The number of rotatable bonds is 0. The van der Waals surface area contributed by atoms with E-state index in [1.165, 1.54) is 31.3 Å². The number of allylic oxidation sites excluding steroid dienone is 2. The third kappa shape index (κ3) is 2.21. The Morgan fingerprint density at radius 1 is 1.10 bits per heavy atom. The highest BCUT2D eigenvalue weighted by Gasteiger charge is 2.52. The zero-order valence-corrected chi connectivity index (χ0v) is 13.2. The van der Waals surface area contributed by atoms with E-state index in [0.29, 0.717) is 17.1 Å². The van der Waals surface area contributed by atoms with Gasteiger partial charge in [-0.05, 0) is 86.5 Å². The van der Waals surface area contributed by atoms with Crippen molar-refractivity contribution in [1.82, 2.24) is 0 Å². The number of carbonyl (C=O) groups is 1. The average molecular weight is 288 g/mol. The van der Waals surface area contributed by atoms with Gasteiger partial charge in [0, 0.05) is 6.42 Å². The van der Waals surface area contributed by atoms with Crippen molar-refractivity contribution in [2.45, 2.75) is 70.8 Å². The van der Waals surface area contributed by atoms with E-state index in [1.807, 2.05) is 6.08 Å². The van der Waals surface area contributed by atoms with E-state index in [1.54, 1.807) is 0 Å². The Balaban J connectivity index is 1.60. The highest BCUT2D eigenvalue weighted by atomic mass is 16.3. The van der Waals surface area contributed by atoms with Crippen molar-refractivity contribution in [3.05, 3.63) is 11.6 Å². The fourth-order valence-electron chi connectivity index (χ4n) is 6.40. The lowest BCUT2D eigenvalue weighted by Crippen LogP contribution is -2.50. The van der Waals surface area contributed by atoms with Crippen LogP contribution < -0.4 is 0 Å². The lowest BCUT2D eigenvalue weighted by molar-refractivity contribution is -0.116. The molecule has 3 fully saturated rings. The van der Waals surface area contributed by atoms with Crippen LogP contribution in [0.3, 0.4) is 0 Å². The Hall–Kier alpha value is -0.630. The molecule has 0 heterocycles. The van der Waals surface area contributed by atoms with Gasteiger partial charge in [-0.2, -0.15) is 0 Å². The van der Waals surface area contributed by atoms with Gasteiger partial charge < -0.3 is 5.11 Å². The number of fused-ring (bicyclic) bond motifs is 5. The fraction of sp³-hybridized carbons (Fsp3) is 0.842. The molecule has 0 saturated heterocycles. The zero-order chi connectivity index (χ0) is 14.6. The molecular weight excluding hydrogens is 260 g/mol. The summed E-state index contributed by atoms with van der Waals surface area (Å²) in [5.41, 5.74) is 1.86. The van der Waals surface area contributed by atoms with Crippen LogP contribution in [0.2, 0.25) is 0 Å². The first kappa shape index (κ1) is 14.0. The maximum Gasteiger partial charge on any atom is 0.155 e. The molecule has 1 N–H and O–H groups in total.